The Labute approximate surface area is 202 Å². The van der Waals surface area contributed by atoms with Crippen LogP contribution in [0.5, 0.6) is 0 Å². The van der Waals surface area contributed by atoms with Crippen molar-refractivity contribution in [2.45, 2.75) is 20.1 Å². The molecule has 0 aliphatic carbocycles. The third kappa shape index (κ3) is 6.08. The number of nitrogens with zero attached hydrogens (tertiary/aromatic N) is 6. The summed E-state index contributed by atoms with van der Waals surface area (Å²) in [4.78, 5) is 40.3. The minimum absolute atomic E-state index is 0.0813. The van der Waals surface area contributed by atoms with Crippen molar-refractivity contribution < 1.29 is 14.5 Å². The lowest BCUT2D eigenvalue weighted by Crippen LogP contribution is -2.44. The number of amides is 1. The lowest BCUT2D eigenvalue weighted by molar-refractivity contribution is -0.384. The summed E-state index contributed by atoms with van der Waals surface area (Å²) < 4.78 is 6.22. The summed E-state index contributed by atoms with van der Waals surface area (Å²) in [6, 6.07) is 8.03. The number of hydrogen-bond donors (Lipinski definition) is 1. The van der Waals surface area contributed by atoms with Gasteiger partial charge in [-0.1, -0.05) is 0 Å². The Morgan fingerprint density at radius 1 is 1.31 bits per heavy atom. The molecule has 0 radical (unpaired) electrons. The highest BCUT2D eigenvalue weighted by Gasteiger charge is 2.19. The molecular weight excluding hydrogens is 454 g/mol. The first-order chi connectivity index (χ1) is 16.7. The Bertz CT molecular complexity index is 1240. The van der Waals surface area contributed by atoms with Crippen LogP contribution in [0.4, 0.5) is 11.4 Å². The number of likely N-dealkylation sites (N-methyl/N-ethyl adjacent to an activating group) is 1. The van der Waals surface area contributed by atoms with Crippen molar-refractivity contribution in [3.63, 3.8) is 0 Å². The summed E-state index contributed by atoms with van der Waals surface area (Å²) in [5, 5.41) is 24.6. The first-order valence-corrected chi connectivity index (χ1v) is 10.9. The molecule has 2 heterocycles. The maximum atomic E-state index is 12.7. The lowest BCUT2D eigenvalue weighted by Gasteiger charge is -2.34. The Balaban J connectivity index is 1.79. The van der Waals surface area contributed by atoms with Crippen LogP contribution in [0.3, 0.4) is 0 Å². The van der Waals surface area contributed by atoms with E-state index in [1.807, 2.05) is 13.1 Å². The number of nitro groups is 1. The van der Waals surface area contributed by atoms with Crippen molar-refractivity contribution in [3.8, 4) is 6.07 Å². The fourth-order valence-electron chi connectivity index (χ4n) is 3.87. The van der Waals surface area contributed by atoms with Gasteiger partial charge < -0.3 is 19.1 Å². The zero-order chi connectivity index (χ0) is 25.5. The molecule has 1 saturated heterocycles. The van der Waals surface area contributed by atoms with Gasteiger partial charge in [0, 0.05) is 67.9 Å². The molecule has 1 aromatic heterocycles. The number of nitriles is 1. The van der Waals surface area contributed by atoms with E-state index in [1.165, 1.54) is 30.0 Å². The number of hydrazone groups is 1. The quantitative estimate of drug-likeness (QED) is 0.334. The Kier molecular flexibility index (Phi) is 8.30. The number of pyridine rings is 1. The normalized spacial score (nSPS) is 14.2. The summed E-state index contributed by atoms with van der Waals surface area (Å²) in [5.74, 6) is -0.582. The second-order valence-electron chi connectivity index (χ2n) is 8.21. The SMILES string of the molecule is COCc1cc(C)n(CC(=O)NN=Cc2cc([N+](=O)[O-])ccc2N2CCN(C)CC2)c(=O)c1C#N. The number of carbonyl (C=O) groups is 1. The number of methoxy groups -OCH3 is 1. The zero-order valence-corrected chi connectivity index (χ0v) is 19.9. The molecule has 0 unspecified atom stereocenters. The van der Waals surface area contributed by atoms with Crippen molar-refractivity contribution in [2.24, 2.45) is 5.10 Å². The zero-order valence-electron chi connectivity index (χ0n) is 19.9. The van der Waals surface area contributed by atoms with Crippen LogP contribution >= 0.6 is 0 Å². The van der Waals surface area contributed by atoms with Gasteiger partial charge >= 0.3 is 0 Å². The van der Waals surface area contributed by atoms with Gasteiger partial charge in [-0.15, -0.1) is 0 Å². The molecule has 2 aromatic rings. The van der Waals surface area contributed by atoms with E-state index in [-0.39, 0.29) is 24.4 Å². The van der Waals surface area contributed by atoms with Crippen LogP contribution in [-0.4, -0.2) is 66.8 Å². The van der Waals surface area contributed by atoms with Crippen LogP contribution < -0.4 is 15.9 Å². The number of ether oxygens (including phenoxy) is 1. The van der Waals surface area contributed by atoms with Crippen molar-refractivity contribution in [3.05, 3.63) is 67.1 Å². The van der Waals surface area contributed by atoms with E-state index in [1.54, 1.807) is 19.1 Å². The maximum absolute atomic E-state index is 12.7. The molecule has 12 heteroatoms. The fourth-order valence-corrected chi connectivity index (χ4v) is 3.87. The standard InChI is InChI=1S/C23H27N7O5/c1-16-10-18(15-35-3)20(12-24)23(32)29(16)14-22(31)26-25-13-17-11-19(30(33)34)4-5-21(17)28-8-6-27(2)7-9-28/h4-5,10-11,13H,6-9,14-15H2,1-3H3,(H,26,31). The topological polar surface area (TPSA) is 146 Å². The molecule has 0 spiro atoms. The predicted octanol–water partition coefficient (Wildman–Crippen LogP) is 0.985. The molecule has 1 N–H and O–H groups in total. The second kappa shape index (κ2) is 11.4. The maximum Gasteiger partial charge on any atom is 0.270 e. The number of anilines is 1. The summed E-state index contributed by atoms with van der Waals surface area (Å²) >= 11 is 0. The number of aromatic nitrogens is 1. The molecule has 0 bridgehead atoms. The first-order valence-electron chi connectivity index (χ1n) is 10.9. The summed E-state index contributed by atoms with van der Waals surface area (Å²) in [6.07, 6.45) is 1.36. The molecule has 0 saturated carbocycles. The van der Waals surface area contributed by atoms with Gasteiger partial charge in [0.25, 0.3) is 17.2 Å². The lowest BCUT2D eigenvalue weighted by atomic mass is 10.1. The van der Waals surface area contributed by atoms with Crippen LogP contribution in [0, 0.1) is 28.4 Å². The van der Waals surface area contributed by atoms with Gasteiger partial charge in [0.05, 0.1) is 17.7 Å². The van der Waals surface area contributed by atoms with Crippen molar-refractivity contribution >= 4 is 23.5 Å². The van der Waals surface area contributed by atoms with Gasteiger partial charge in [-0.05, 0) is 26.1 Å². The number of nitro benzene ring substituents is 1. The molecule has 3 rings (SSSR count). The van der Waals surface area contributed by atoms with E-state index >= 15 is 0 Å². The molecule has 1 amide bonds. The van der Waals surface area contributed by atoms with E-state index in [2.05, 4.69) is 20.3 Å². The van der Waals surface area contributed by atoms with Crippen molar-refractivity contribution in [1.82, 2.24) is 14.9 Å². The number of rotatable bonds is 8. The number of benzene rings is 1. The van der Waals surface area contributed by atoms with Gasteiger partial charge in [-0.25, -0.2) is 5.43 Å². The number of piperazine rings is 1. The largest absolute Gasteiger partial charge is 0.380 e. The van der Waals surface area contributed by atoms with Gasteiger partial charge in [-0.2, -0.15) is 10.4 Å². The Morgan fingerprint density at radius 3 is 2.66 bits per heavy atom. The van der Waals surface area contributed by atoms with E-state index in [4.69, 9.17) is 4.74 Å². The molecule has 1 fully saturated rings. The number of carbonyl (C=O) groups excluding carboxylic acids is 1. The fraction of sp³-hybridized carbons (Fsp3) is 0.391. The summed E-state index contributed by atoms with van der Waals surface area (Å²) in [6.45, 7) is 4.63. The monoisotopic (exact) mass is 481 g/mol. The van der Waals surface area contributed by atoms with Gasteiger partial charge in [0.15, 0.2) is 0 Å². The van der Waals surface area contributed by atoms with E-state index in [9.17, 15) is 25.0 Å². The van der Waals surface area contributed by atoms with Crippen LogP contribution in [0.25, 0.3) is 0 Å². The Morgan fingerprint density at radius 2 is 2.03 bits per heavy atom. The third-order valence-corrected chi connectivity index (χ3v) is 5.76. The molecular formula is C23H27N7O5. The van der Waals surface area contributed by atoms with Gasteiger partial charge in [0.1, 0.15) is 18.2 Å². The van der Waals surface area contributed by atoms with Crippen molar-refractivity contribution in [2.75, 3.05) is 45.2 Å². The van der Waals surface area contributed by atoms with E-state index in [0.29, 0.717) is 16.8 Å². The summed E-state index contributed by atoms with van der Waals surface area (Å²) in [7, 11) is 3.49. The van der Waals surface area contributed by atoms with Crippen LogP contribution in [0.2, 0.25) is 0 Å². The van der Waals surface area contributed by atoms with Gasteiger partial charge in [0.2, 0.25) is 0 Å². The van der Waals surface area contributed by atoms with E-state index < -0.39 is 16.4 Å². The third-order valence-electron chi connectivity index (χ3n) is 5.76. The number of aryl methyl sites for hydroxylation is 1. The first kappa shape index (κ1) is 25.5. The smallest absolute Gasteiger partial charge is 0.270 e. The highest BCUT2D eigenvalue weighted by Crippen LogP contribution is 2.25. The molecule has 1 aliphatic heterocycles. The molecule has 0 atom stereocenters. The van der Waals surface area contributed by atoms with Crippen LogP contribution in [0.15, 0.2) is 34.2 Å². The molecule has 1 aromatic carbocycles. The second-order valence-corrected chi connectivity index (χ2v) is 8.21. The van der Waals surface area contributed by atoms with Crippen LogP contribution in [0.1, 0.15) is 22.4 Å². The van der Waals surface area contributed by atoms with Crippen molar-refractivity contribution in [1.29, 1.82) is 5.26 Å². The number of non-ortho nitro benzene ring substituents is 1. The average molecular weight is 482 g/mol. The molecule has 184 valence electrons. The van der Waals surface area contributed by atoms with E-state index in [0.717, 1.165) is 31.9 Å². The molecule has 35 heavy (non-hydrogen) atoms. The predicted molar refractivity (Wildman–Crippen MR) is 129 cm³/mol. The minimum Gasteiger partial charge on any atom is -0.380 e. The summed E-state index contributed by atoms with van der Waals surface area (Å²) in [5.41, 5.74) is 3.83. The van der Waals surface area contributed by atoms with Crippen LogP contribution in [-0.2, 0) is 22.7 Å². The molecule has 12 nitrogen and oxygen atoms in total. The number of nitrogens with one attached hydrogen (secondary N) is 1. The Hall–Kier alpha value is -4.08. The highest BCUT2D eigenvalue weighted by atomic mass is 16.6. The highest BCUT2D eigenvalue weighted by molar-refractivity contribution is 5.90. The number of hydrogen-bond acceptors (Lipinski definition) is 9. The molecule has 1 aliphatic rings. The minimum atomic E-state index is -0.588. The average Bonchev–Trinajstić information content (AvgIpc) is 2.82. The van der Waals surface area contributed by atoms with Gasteiger partial charge in [-0.3, -0.25) is 19.7 Å².